The van der Waals surface area contributed by atoms with E-state index in [0.717, 1.165) is 11.3 Å². The maximum atomic E-state index is 12.5. The van der Waals surface area contributed by atoms with E-state index < -0.39 is 11.6 Å². The zero-order valence-electron chi connectivity index (χ0n) is 18.9. The number of pyridine rings is 2. The Labute approximate surface area is 187 Å². The van der Waals surface area contributed by atoms with Crippen LogP contribution >= 0.6 is 0 Å². The summed E-state index contributed by atoms with van der Waals surface area (Å²) in [6, 6.07) is 14.5. The van der Waals surface area contributed by atoms with Gasteiger partial charge in [-0.15, -0.1) is 0 Å². The fourth-order valence-corrected chi connectivity index (χ4v) is 2.86. The second-order valence-electron chi connectivity index (χ2n) is 7.95. The highest BCUT2D eigenvalue weighted by Gasteiger charge is 2.20. The summed E-state index contributed by atoms with van der Waals surface area (Å²) in [5, 5.41) is 0. The molecule has 0 aliphatic carbocycles. The number of anilines is 2. The molecule has 0 bridgehead atoms. The van der Waals surface area contributed by atoms with Crippen LogP contribution in [0.25, 0.3) is 0 Å². The van der Waals surface area contributed by atoms with Gasteiger partial charge in [0, 0.05) is 18.1 Å². The molecule has 1 aromatic carbocycles. The van der Waals surface area contributed by atoms with Gasteiger partial charge in [-0.3, -0.25) is 9.87 Å². The Morgan fingerprint density at radius 3 is 2.50 bits per heavy atom. The number of ether oxygens (including phenoxy) is 2. The SMILES string of the molecule is COc1ccc(N(Cc2cccnc2)c2cccc(C(=O)OOC(C)(C)C)c2)nc1OC. The topological polar surface area (TPSA) is 83.0 Å². The molecule has 2 aromatic heterocycles. The third kappa shape index (κ3) is 5.95. The van der Waals surface area contributed by atoms with Crippen LogP contribution in [0.3, 0.4) is 0 Å². The minimum Gasteiger partial charge on any atom is -0.491 e. The van der Waals surface area contributed by atoms with Crippen LogP contribution in [0.4, 0.5) is 11.5 Å². The molecular weight excluding hydrogens is 410 g/mol. The van der Waals surface area contributed by atoms with Crippen molar-refractivity contribution in [1.82, 2.24) is 9.97 Å². The van der Waals surface area contributed by atoms with E-state index in [2.05, 4.69) is 9.97 Å². The molecule has 8 nitrogen and oxygen atoms in total. The number of hydrogen-bond acceptors (Lipinski definition) is 8. The number of aromatic nitrogens is 2. The fourth-order valence-electron chi connectivity index (χ4n) is 2.86. The van der Waals surface area contributed by atoms with E-state index in [0.29, 0.717) is 29.6 Å². The van der Waals surface area contributed by atoms with E-state index in [9.17, 15) is 4.79 Å². The Morgan fingerprint density at radius 1 is 1.03 bits per heavy atom. The summed E-state index contributed by atoms with van der Waals surface area (Å²) in [7, 11) is 3.09. The van der Waals surface area contributed by atoms with Gasteiger partial charge in [0.2, 0.25) is 0 Å². The molecular formula is C24H27N3O5. The maximum Gasteiger partial charge on any atom is 0.373 e. The van der Waals surface area contributed by atoms with Crippen LogP contribution in [-0.4, -0.2) is 35.8 Å². The van der Waals surface area contributed by atoms with Crippen LogP contribution in [0, 0.1) is 0 Å². The summed E-state index contributed by atoms with van der Waals surface area (Å²) in [6.45, 7) is 5.87. The standard InChI is InChI=1S/C24H27N3O5/c1-24(2,3)32-31-23(28)18-9-6-10-19(14-18)27(16-17-8-7-13-25-15-17)21-12-11-20(29-4)22(26-21)30-5/h6-15H,16H2,1-5H3. The molecule has 0 aliphatic rings. The molecule has 0 saturated heterocycles. The third-order valence-corrected chi connectivity index (χ3v) is 4.32. The first-order valence-corrected chi connectivity index (χ1v) is 10.1. The average molecular weight is 437 g/mol. The van der Waals surface area contributed by atoms with Crippen LogP contribution in [-0.2, 0) is 16.3 Å². The molecule has 0 atom stereocenters. The Morgan fingerprint density at radius 2 is 1.84 bits per heavy atom. The minimum absolute atomic E-state index is 0.350. The lowest BCUT2D eigenvalue weighted by Crippen LogP contribution is -2.22. The van der Waals surface area contributed by atoms with Crippen LogP contribution < -0.4 is 14.4 Å². The van der Waals surface area contributed by atoms with Gasteiger partial charge in [0.05, 0.1) is 26.3 Å². The van der Waals surface area contributed by atoms with Gasteiger partial charge >= 0.3 is 5.97 Å². The van der Waals surface area contributed by atoms with E-state index in [1.165, 1.54) is 7.11 Å². The molecule has 168 valence electrons. The van der Waals surface area contributed by atoms with Crippen molar-refractivity contribution in [2.24, 2.45) is 0 Å². The van der Waals surface area contributed by atoms with E-state index in [1.54, 1.807) is 64.5 Å². The van der Waals surface area contributed by atoms with Gasteiger partial charge < -0.3 is 14.4 Å². The van der Waals surface area contributed by atoms with Gasteiger partial charge in [0.15, 0.2) is 5.75 Å². The lowest BCUT2D eigenvalue weighted by atomic mass is 10.1. The summed E-state index contributed by atoms with van der Waals surface area (Å²) in [6.07, 6.45) is 3.50. The zero-order valence-corrected chi connectivity index (χ0v) is 18.9. The van der Waals surface area contributed by atoms with Crippen molar-refractivity contribution in [3.63, 3.8) is 0 Å². The molecule has 3 aromatic rings. The Balaban J connectivity index is 1.98. The van der Waals surface area contributed by atoms with Crippen molar-refractivity contribution >= 4 is 17.5 Å². The molecule has 0 aliphatic heterocycles. The average Bonchev–Trinajstić information content (AvgIpc) is 2.80. The van der Waals surface area contributed by atoms with Crippen LogP contribution in [0.15, 0.2) is 60.9 Å². The molecule has 0 fully saturated rings. The first-order chi connectivity index (χ1) is 15.3. The van der Waals surface area contributed by atoms with Crippen molar-refractivity contribution in [3.8, 4) is 11.6 Å². The molecule has 0 unspecified atom stereocenters. The number of carbonyl (C=O) groups excluding carboxylic acids is 1. The molecule has 0 saturated carbocycles. The lowest BCUT2D eigenvalue weighted by molar-refractivity contribution is -0.301. The molecule has 0 N–H and O–H groups in total. The molecule has 8 heteroatoms. The molecule has 0 radical (unpaired) electrons. The highest BCUT2D eigenvalue weighted by molar-refractivity contribution is 5.90. The van der Waals surface area contributed by atoms with Crippen LogP contribution in [0.2, 0.25) is 0 Å². The fraction of sp³-hybridized carbons (Fsp3) is 0.292. The van der Waals surface area contributed by atoms with Crippen molar-refractivity contribution in [2.45, 2.75) is 32.9 Å². The second-order valence-corrected chi connectivity index (χ2v) is 7.95. The van der Waals surface area contributed by atoms with Crippen molar-refractivity contribution < 1.29 is 24.0 Å². The highest BCUT2D eigenvalue weighted by atomic mass is 17.2. The Hall–Kier alpha value is -3.65. The Kier molecular flexibility index (Phi) is 7.27. The molecule has 0 amide bonds. The van der Waals surface area contributed by atoms with Crippen molar-refractivity contribution in [3.05, 3.63) is 72.1 Å². The number of carbonyl (C=O) groups is 1. The number of rotatable bonds is 8. The van der Waals surface area contributed by atoms with Gasteiger partial charge in [0.1, 0.15) is 11.4 Å². The monoisotopic (exact) mass is 437 g/mol. The Bertz CT molecular complexity index is 1050. The zero-order chi connectivity index (χ0) is 23.1. The van der Waals surface area contributed by atoms with Crippen LogP contribution in [0.5, 0.6) is 11.6 Å². The second kappa shape index (κ2) is 10.1. The first kappa shape index (κ1) is 23.0. The number of hydrogen-bond donors (Lipinski definition) is 0. The first-order valence-electron chi connectivity index (χ1n) is 10.1. The molecule has 3 rings (SSSR count). The third-order valence-electron chi connectivity index (χ3n) is 4.32. The highest BCUT2D eigenvalue weighted by Crippen LogP contribution is 2.32. The smallest absolute Gasteiger partial charge is 0.373 e. The number of benzene rings is 1. The summed E-state index contributed by atoms with van der Waals surface area (Å²) >= 11 is 0. The maximum absolute atomic E-state index is 12.5. The van der Waals surface area contributed by atoms with Gasteiger partial charge in [-0.2, -0.15) is 9.87 Å². The molecule has 0 spiro atoms. The van der Waals surface area contributed by atoms with Gasteiger partial charge in [-0.25, -0.2) is 4.79 Å². The van der Waals surface area contributed by atoms with E-state index in [1.807, 2.05) is 29.2 Å². The lowest BCUT2D eigenvalue weighted by Gasteiger charge is -2.25. The van der Waals surface area contributed by atoms with E-state index in [-0.39, 0.29) is 0 Å². The van der Waals surface area contributed by atoms with Gasteiger partial charge in [-0.05, 0) is 62.7 Å². The van der Waals surface area contributed by atoms with Gasteiger partial charge in [0.25, 0.3) is 5.88 Å². The normalized spacial score (nSPS) is 11.0. The van der Waals surface area contributed by atoms with Crippen LogP contribution in [0.1, 0.15) is 36.7 Å². The van der Waals surface area contributed by atoms with E-state index >= 15 is 0 Å². The van der Waals surface area contributed by atoms with E-state index in [4.69, 9.17) is 19.2 Å². The summed E-state index contributed by atoms with van der Waals surface area (Å²) in [4.78, 5) is 33.4. The van der Waals surface area contributed by atoms with Crippen molar-refractivity contribution in [1.29, 1.82) is 0 Å². The summed E-state index contributed by atoms with van der Waals surface area (Å²) < 4.78 is 10.7. The number of methoxy groups -OCH3 is 2. The number of nitrogens with zero attached hydrogens (tertiary/aromatic N) is 3. The summed E-state index contributed by atoms with van der Waals surface area (Å²) in [5.41, 5.74) is 1.44. The quantitative estimate of drug-likeness (QED) is 0.370. The van der Waals surface area contributed by atoms with Crippen molar-refractivity contribution in [2.75, 3.05) is 19.1 Å². The molecule has 32 heavy (non-hydrogen) atoms. The molecule has 2 heterocycles. The summed E-state index contributed by atoms with van der Waals surface area (Å²) in [5.74, 6) is 0.913. The minimum atomic E-state index is -0.608. The predicted octanol–water partition coefficient (Wildman–Crippen LogP) is 4.72. The van der Waals surface area contributed by atoms with Gasteiger partial charge in [-0.1, -0.05) is 12.1 Å². The largest absolute Gasteiger partial charge is 0.491 e. The predicted molar refractivity (Wildman–Crippen MR) is 120 cm³/mol.